The summed E-state index contributed by atoms with van der Waals surface area (Å²) in [5, 5.41) is 1.22. The van der Waals surface area contributed by atoms with Crippen molar-refractivity contribution in [3.05, 3.63) is 15.6 Å². The van der Waals surface area contributed by atoms with Crippen molar-refractivity contribution in [2.45, 2.75) is 26.4 Å². The maximum Gasteiger partial charge on any atom is 0.107 e. The molecule has 1 aromatic heterocycles. The average Bonchev–Trinajstić information content (AvgIpc) is 2.39. The number of rotatable bonds is 3. The number of hydrogen-bond donors (Lipinski definition) is 1. The van der Waals surface area contributed by atoms with Gasteiger partial charge in [-0.15, -0.1) is 11.3 Å². The van der Waals surface area contributed by atoms with Gasteiger partial charge in [-0.3, -0.25) is 4.90 Å². The normalized spacial score (nSPS) is 17.4. The first-order chi connectivity index (χ1) is 6.29. The molecule has 1 aliphatic heterocycles. The summed E-state index contributed by atoms with van der Waals surface area (Å²) in [6.45, 7) is 6.15. The van der Waals surface area contributed by atoms with E-state index in [1.165, 1.54) is 29.4 Å². The molecule has 1 fully saturated rings. The molecule has 0 bridgehead atoms. The molecule has 0 aromatic carbocycles. The zero-order chi connectivity index (χ0) is 9.26. The van der Waals surface area contributed by atoms with E-state index in [1.807, 2.05) is 6.92 Å². The van der Waals surface area contributed by atoms with Crippen LogP contribution in [0.3, 0.4) is 0 Å². The second-order valence-corrected chi connectivity index (χ2v) is 4.62. The molecule has 1 aromatic rings. The van der Waals surface area contributed by atoms with E-state index in [1.54, 1.807) is 11.3 Å². The van der Waals surface area contributed by atoms with Crippen LogP contribution < -0.4 is 5.73 Å². The third kappa shape index (κ3) is 1.90. The summed E-state index contributed by atoms with van der Waals surface area (Å²) in [6, 6.07) is 0. The summed E-state index contributed by atoms with van der Waals surface area (Å²) in [4.78, 5) is 8.15. The van der Waals surface area contributed by atoms with E-state index in [4.69, 9.17) is 5.73 Å². The largest absolute Gasteiger partial charge is 0.326 e. The van der Waals surface area contributed by atoms with Gasteiger partial charge in [-0.25, -0.2) is 4.98 Å². The fourth-order valence-corrected chi connectivity index (χ4v) is 2.47. The van der Waals surface area contributed by atoms with E-state index < -0.39 is 0 Å². The molecular formula is C9H15N3S. The van der Waals surface area contributed by atoms with Crippen molar-refractivity contribution in [2.24, 2.45) is 5.73 Å². The molecule has 2 heterocycles. The first-order valence-corrected chi connectivity index (χ1v) is 5.49. The van der Waals surface area contributed by atoms with Crippen LogP contribution in [0, 0.1) is 6.92 Å². The number of hydrogen-bond acceptors (Lipinski definition) is 4. The van der Waals surface area contributed by atoms with Crippen molar-refractivity contribution in [1.82, 2.24) is 9.88 Å². The van der Waals surface area contributed by atoms with Crippen molar-refractivity contribution in [1.29, 1.82) is 0 Å². The number of nitrogens with zero attached hydrogens (tertiary/aromatic N) is 2. The highest BCUT2D eigenvalue weighted by molar-refractivity contribution is 7.11. The Labute approximate surface area is 82.6 Å². The van der Waals surface area contributed by atoms with Crippen LogP contribution in [-0.4, -0.2) is 23.0 Å². The average molecular weight is 197 g/mol. The molecule has 2 rings (SSSR count). The molecule has 0 spiro atoms. The van der Waals surface area contributed by atoms with Gasteiger partial charge in [0.2, 0.25) is 0 Å². The summed E-state index contributed by atoms with van der Waals surface area (Å²) in [6.07, 6.45) is 1.34. The lowest BCUT2D eigenvalue weighted by Crippen LogP contribution is -2.36. The van der Waals surface area contributed by atoms with Crippen molar-refractivity contribution in [3.8, 4) is 0 Å². The Morgan fingerprint density at radius 2 is 2.31 bits per heavy atom. The molecule has 1 aliphatic rings. The number of nitrogens with two attached hydrogens (primary N) is 1. The first kappa shape index (κ1) is 9.12. The molecule has 0 aliphatic carbocycles. The lowest BCUT2D eigenvalue weighted by Gasteiger charge is -2.29. The minimum Gasteiger partial charge on any atom is -0.326 e. The Hall–Kier alpha value is -0.450. The van der Waals surface area contributed by atoms with E-state index in [0.29, 0.717) is 6.54 Å². The zero-order valence-corrected chi connectivity index (χ0v) is 8.73. The fourth-order valence-electron chi connectivity index (χ4n) is 1.48. The van der Waals surface area contributed by atoms with E-state index in [2.05, 4.69) is 9.88 Å². The summed E-state index contributed by atoms with van der Waals surface area (Å²) in [5.41, 5.74) is 6.71. The quantitative estimate of drug-likeness (QED) is 0.789. The fraction of sp³-hybridized carbons (Fsp3) is 0.667. The summed E-state index contributed by atoms with van der Waals surface area (Å²) in [5.74, 6) is 0. The molecule has 13 heavy (non-hydrogen) atoms. The van der Waals surface area contributed by atoms with Crippen molar-refractivity contribution >= 4 is 11.3 Å². The zero-order valence-electron chi connectivity index (χ0n) is 7.92. The Kier molecular flexibility index (Phi) is 2.62. The van der Waals surface area contributed by atoms with E-state index in [-0.39, 0.29) is 0 Å². The Bertz CT molecular complexity index is 291. The summed E-state index contributed by atoms with van der Waals surface area (Å²) in [7, 11) is 0. The van der Waals surface area contributed by atoms with Gasteiger partial charge in [-0.2, -0.15) is 0 Å². The topological polar surface area (TPSA) is 42.2 Å². The first-order valence-electron chi connectivity index (χ1n) is 4.67. The van der Waals surface area contributed by atoms with Crippen LogP contribution in [0.15, 0.2) is 0 Å². The van der Waals surface area contributed by atoms with Crippen LogP contribution in [-0.2, 0) is 13.1 Å². The summed E-state index contributed by atoms with van der Waals surface area (Å²) < 4.78 is 0. The maximum atomic E-state index is 5.60. The maximum absolute atomic E-state index is 5.60. The third-order valence-electron chi connectivity index (χ3n) is 2.43. The molecule has 72 valence electrons. The SMILES string of the molecule is Cc1nc(CN2CCC2)sc1CN. The van der Waals surface area contributed by atoms with Crippen LogP contribution in [0.4, 0.5) is 0 Å². The highest BCUT2D eigenvalue weighted by atomic mass is 32.1. The van der Waals surface area contributed by atoms with Gasteiger partial charge in [-0.1, -0.05) is 0 Å². The molecule has 2 N–H and O–H groups in total. The lowest BCUT2D eigenvalue weighted by molar-refractivity contribution is 0.172. The molecule has 0 atom stereocenters. The molecular weight excluding hydrogens is 182 g/mol. The van der Waals surface area contributed by atoms with Gasteiger partial charge in [0.1, 0.15) is 5.01 Å². The number of aromatic nitrogens is 1. The van der Waals surface area contributed by atoms with Crippen molar-refractivity contribution < 1.29 is 0 Å². The molecule has 0 saturated carbocycles. The molecule has 0 unspecified atom stereocenters. The Morgan fingerprint density at radius 1 is 1.54 bits per heavy atom. The Morgan fingerprint density at radius 3 is 2.77 bits per heavy atom. The van der Waals surface area contributed by atoms with Gasteiger partial charge in [-0.05, 0) is 26.4 Å². The van der Waals surface area contributed by atoms with Crippen LogP contribution in [0.2, 0.25) is 0 Å². The van der Waals surface area contributed by atoms with E-state index in [9.17, 15) is 0 Å². The van der Waals surface area contributed by atoms with Crippen LogP contribution in [0.5, 0.6) is 0 Å². The summed E-state index contributed by atoms with van der Waals surface area (Å²) >= 11 is 1.76. The van der Waals surface area contributed by atoms with Gasteiger partial charge in [0, 0.05) is 11.4 Å². The van der Waals surface area contributed by atoms with Gasteiger partial charge < -0.3 is 5.73 Å². The number of aryl methyl sites for hydroxylation is 1. The van der Waals surface area contributed by atoms with Gasteiger partial charge >= 0.3 is 0 Å². The second-order valence-electron chi connectivity index (χ2n) is 3.45. The van der Waals surface area contributed by atoms with Crippen LogP contribution >= 0.6 is 11.3 Å². The number of likely N-dealkylation sites (tertiary alicyclic amines) is 1. The second kappa shape index (κ2) is 3.74. The number of thiazole rings is 1. The van der Waals surface area contributed by atoms with Gasteiger partial charge in [0.15, 0.2) is 0 Å². The predicted molar refractivity (Wildman–Crippen MR) is 54.6 cm³/mol. The van der Waals surface area contributed by atoms with Crippen molar-refractivity contribution in [2.75, 3.05) is 13.1 Å². The molecule has 0 radical (unpaired) electrons. The standard InChI is InChI=1S/C9H15N3S/c1-7-8(5-10)13-9(11-7)6-12-3-2-4-12/h2-6,10H2,1H3. The minimum atomic E-state index is 0.628. The van der Waals surface area contributed by atoms with Gasteiger partial charge in [0.25, 0.3) is 0 Å². The third-order valence-corrected chi connectivity index (χ3v) is 3.59. The molecule has 4 heteroatoms. The predicted octanol–water partition coefficient (Wildman–Crippen LogP) is 1.12. The Balaban J connectivity index is 2.03. The van der Waals surface area contributed by atoms with Crippen LogP contribution in [0.25, 0.3) is 0 Å². The molecule has 3 nitrogen and oxygen atoms in total. The van der Waals surface area contributed by atoms with Crippen molar-refractivity contribution in [3.63, 3.8) is 0 Å². The highest BCUT2D eigenvalue weighted by Gasteiger charge is 2.16. The monoisotopic (exact) mass is 197 g/mol. The van der Waals surface area contributed by atoms with Gasteiger partial charge in [0.05, 0.1) is 12.2 Å². The van der Waals surface area contributed by atoms with E-state index in [0.717, 1.165) is 12.2 Å². The van der Waals surface area contributed by atoms with E-state index >= 15 is 0 Å². The molecule has 0 amide bonds. The highest BCUT2D eigenvalue weighted by Crippen LogP contribution is 2.20. The van der Waals surface area contributed by atoms with Crippen LogP contribution in [0.1, 0.15) is 22.0 Å². The minimum absolute atomic E-state index is 0.628. The lowest BCUT2D eigenvalue weighted by atomic mass is 10.2. The smallest absolute Gasteiger partial charge is 0.107 e. The molecule has 1 saturated heterocycles.